The lowest BCUT2D eigenvalue weighted by atomic mass is 9.80. The van der Waals surface area contributed by atoms with Gasteiger partial charge in [-0.3, -0.25) is 19.2 Å². The first kappa shape index (κ1) is 38.7. The molecule has 0 aromatic rings. The average molecular weight is 671 g/mol. The Morgan fingerprint density at radius 2 is 0.708 bits per heavy atom. The Bertz CT molecular complexity index is 955. The van der Waals surface area contributed by atoms with Crippen molar-refractivity contribution in [1.82, 2.24) is 21.3 Å². The highest BCUT2D eigenvalue weighted by Gasteiger charge is 2.40. The maximum Gasteiger partial charge on any atom is 0.224 e. The van der Waals surface area contributed by atoms with Gasteiger partial charge in [-0.05, 0) is 75.0 Å². The molecule has 0 aliphatic heterocycles. The van der Waals surface area contributed by atoms with E-state index in [2.05, 4.69) is 49.0 Å². The molecule has 8 heteroatoms. The van der Waals surface area contributed by atoms with Crippen LogP contribution in [0.1, 0.15) is 169 Å². The molecule has 48 heavy (non-hydrogen) atoms. The van der Waals surface area contributed by atoms with Crippen LogP contribution in [-0.2, 0) is 19.2 Å². The van der Waals surface area contributed by atoms with E-state index < -0.39 is 11.8 Å². The molecule has 4 amide bonds. The molecule has 274 valence electrons. The highest BCUT2D eigenvalue weighted by Crippen LogP contribution is 2.32. The first-order valence-corrected chi connectivity index (χ1v) is 20.4. The van der Waals surface area contributed by atoms with Gasteiger partial charge in [0.25, 0.3) is 0 Å². The van der Waals surface area contributed by atoms with E-state index >= 15 is 0 Å². The molecule has 0 bridgehead atoms. The van der Waals surface area contributed by atoms with Crippen LogP contribution in [0.2, 0.25) is 0 Å². The van der Waals surface area contributed by atoms with Crippen LogP contribution in [0.4, 0.5) is 0 Å². The number of hydrogen-bond acceptors (Lipinski definition) is 4. The van der Waals surface area contributed by atoms with Gasteiger partial charge >= 0.3 is 0 Å². The molecule has 0 radical (unpaired) electrons. The lowest BCUT2D eigenvalue weighted by molar-refractivity contribution is -0.141. The predicted molar refractivity (Wildman–Crippen MR) is 193 cm³/mol. The van der Waals surface area contributed by atoms with Gasteiger partial charge < -0.3 is 21.3 Å². The van der Waals surface area contributed by atoms with Crippen LogP contribution in [0.3, 0.4) is 0 Å². The van der Waals surface area contributed by atoms with E-state index in [1.54, 1.807) is 0 Å². The fourth-order valence-electron chi connectivity index (χ4n) is 9.60. The van der Waals surface area contributed by atoms with Crippen molar-refractivity contribution in [3.05, 3.63) is 0 Å². The third-order valence-electron chi connectivity index (χ3n) is 12.8. The lowest BCUT2D eigenvalue weighted by Crippen LogP contribution is -2.51. The average Bonchev–Trinajstić information content (AvgIpc) is 3.09. The summed E-state index contributed by atoms with van der Waals surface area (Å²) in [6.45, 7) is 8.84. The lowest BCUT2D eigenvalue weighted by Gasteiger charge is -2.34. The van der Waals surface area contributed by atoms with Gasteiger partial charge in [0.05, 0.1) is 11.8 Å². The van der Waals surface area contributed by atoms with Crippen molar-refractivity contribution in [3.63, 3.8) is 0 Å². The number of hydrogen-bond donors (Lipinski definition) is 4. The molecule has 4 fully saturated rings. The number of nitrogens with one attached hydrogen (secondary N) is 4. The summed E-state index contributed by atoms with van der Waals surface area (Å²) >= 11 is 0. The van der Waals surface area contributed by atoms with Crippen molar-refractivity contribution in [3.8, 4) is 0 Å². The molecule has 0 aromatic carbocycles. The normalized spacial score (nSPS) is 32.3. The Kier molecular flexibility index (Phi) is 16.0. The topological polar surface area (TPSA) is 116 Å². The summed E-state index contributed by atoms with van der Waals surface area (Å²) in [6.07, 6.45) is 20.9. The quantitative estimate of drug-likeness (QED) is 0.146. The minimum Gasteiger partial charge on any atom is -0.353 e. The van der Waals surface area contributed by atoms with Crippen LogP contribution >= 0.6 is 0 Å². The fraction of sp³-hybridized carbons (Fsp3) is 0.900. The van der Waals surface area contributed by atoms with Crippen LogP contribution in [-0.4, -0.2) is 47.8 Å². The highest BCUT2D eigenvalue weighted by atomic mass is 16.2. The Labute approximate surface area is 292 Å². The molecular formula is C40H70N4O4. The molecule has 4 aliphatic rings. The van der Waals surface area contributed by atoms with Crippen molar-refractivity contribution < 1.29 is 19.2 Å². The molecule has 0 aromatic heterocycles. The first-order valence-electron chi connectivity index (χ1n) is 20.4. The number of carbonyl (C=O) groups excluding carboxylic acids is 4. The van der Waals surface area contributed by atoms with Crippen molar-refractivity contribution in [2.24, 2.45) is 35.5 Å². The summed E-state index contributed by atoms with van der Waals surface area (Å²) in [7, 11) is 0. The SMILES string of the molecule is CCC1CCCC(NC(=O)CC(C(=O)NC2CCCC(CC)C2)C(CC(=O)NC2CCCC(CC)C2)C(=O)NC2CCCC(CC)C2)C1. The second-order valence-electron chi connectivity index (χ2n) is 16.3. The van der Waals surface area contributed by atoms with E-state index in [1.165, 1.54) is 25.7 Å². The van der Waals surface area contributed by atoms with Gasteiger partial charge in [0.1, 0.15) is 0 Å². The third-order valence-corrected chi connectivity index (χ3v) is 12.8. The first-order chi connectivity index (χ1) is 23.2. The van der Waals surface area contributed by atoms with Gasteiger partial charge in [0.15, 0.2) is 0 Å². The Hall–Kier alpha value is -2.12. The van der Waals surface area contributed by atoms with E-state index in [1.807, 2.05) is 0 Å². The molecule has 4 N–H and O–H groups in total. The molecular weight excluding hydrogens is 600 g/mol. The Morgan fingerprint density at radius 1 is 0.438 bits per heavy atom. The van der Waals surface area contributed by atoms with Gasteiger partial charge in [-0.1, -0.05) is 105 Å². The minimum absolute atomic E-state index is 0.0415. The molecule has 10 unspecified atom stereocenters. The van der Waals surface area contributed by atoms with Crippen LogP contribution < -0.4 is 21.3 Å². The van der Waals surface area contributed by atoms with Crippen LogP contribution in [0.15, 0.2) is 0 Å². The number of amides is 4. The summed E-state index contributed by atoms with van der Waals surface area (Å²) < 4.78 is 0. The van der Waals surface area contributed by atoms with Gasteiger partial charge in [-0.2, -0.15) is 0 Å². The summed E-state index contributed by atoms with van der Waals surface area (Å²) in [4.78, 5) is 56.2. The second kappa shape index (κ2) is 19.9. The zero-order chi connectivity index (χ0) is 34.5. The summed E-state index contributed by atoms with van der Waals surface area (Å²) in [6, 6.07) is 0.287. The van der Waals surface area contributed by atoms with Crippen molar-refractivity contribution in [1.29, 1.82) is 0 Å². The Balaban J connectivity index is 1.55. The van der Waals surface area contributed by atoms with Crippen LogP contribution in [0, 0.1) is 35.5 Å². The maximum absolute atomic E-state index is 14.3. The maximum atomic E-state index is 14.3. The monoisotopic (exact) mass is 671 g/mol. The molecule has 0 saturated heterocycles. The van der Waals surface area contributed by atoms with Crippen molar-refractivity contribution in [2.45, 2.75) is 193 Å². The summed E-state index contributed by atoms with van der Waals surface area (Å²) in [5.74, 6) is -0.258. The number of rotatable bonds is 15. The zero-order valence-electron chi connectivity index (χ0n) is 31.0. The van der Waals surface area contributed by atoms with Crippen LogP contribution in [0.5, 0.6) is 0 Å². The van der Waals surface area contributed by atoms with E-state index in [0.29, 0.717) is 23.7 Å². The van der Waals surface area contributed by atoms with Gasteiger partial charge in [0.2, 0.25) is 23.6 Å². The van der Waals surface area contributed by atoms with E-state index in [4.69, 9.17) is 0 Å². The smallest absolute Gasteiger partial charge is 0.224 e. The van der Waals surface area contributed by atoms with Crippen molar-refractivity contribution in [2.75, 3.05) is 0 Å². The van der Waals surface area contributed by atoms with E-state index in [0.717, 1.165) is 103 Å². The van der Waals surface area contributed by atoms with Gasteiger partial charge in [-0.15, -0.1) is 0 Å². The van der Waals surface area contributed by atoms with Gasteiger partial charge in [-0.25, -0.2) is 0 Å². The zero-order valence-corrected chi connectivity index (χ0v) is 31.0. The molecule has 4 saturated carbocycles. The Morgan fingerprint density at radius 3 is 0.979 bits per heavy atom. The second-order valence-corrected chi connectivity index (χ2v) is 16.3. The molecule has 8 nitrogen and oxygen atoms in total. The molecule has 4 rings (SSSR count). The van der Waals surface area contributed by atoms with Crippen LogP contribution in [0.25, 0.3) is 0 Å². The molecule has 10 atom stereocenters. The molecule has 0 spiro atoms. The van der Waals surface area contributed by atoms with E-state index in [-0.39, 0.29) is 60.6 Å². The predicted octanol–water partition coefficient (Wildman–Crippen LogP) is 7.34. The fourth-order valence-corrected chi connectivity index (χ4v) is 9.60. The summed E-state index contributed by atoms with van der Waals surface area (Å²) in [5, 5.41) is 13.1. The highest BCUT2D eigenvalue weighted by molar-refractivity contribution is 5.94. The standard InChI is InChI=1S/C40H70N4O4/c1-5-27-13-9-17-31(21-27)41-37(45)25-35(39(47)43-33-19-11-15-29(7-3)23-33)36(40(48)44-34-20-12-16-30(8-4)24-34)26-38(46)42-32-18-10-14-28(6-2)22-32/h27-36H,5-26H2,1-4H3,(H,41,45)(H,42,46)(H,43,47)(H,44,48). The molecule has 4 aliphatic carbocycles. The summed E-state index contributed by atoms with van der Waals surface area (Å²) in [5.41, 5.74) is 0. The van der Waals surface area contributed by atoms with Gasteiger partial charge in [0, 0.05) is 37.0 Å². The number of carbonyl (C=O) groups is 4. The van der Waals surface area contributed by atoms with Crippen molar-refractivity contribution >= 4 is 23.6 Å². The molecule has 0 heterocycles. The minimum atomic E-state index is -0.899. The van der Waals surface area contributed by atoms with E-state index in [9.17, 15) is 19.2 Å². The largest absolute Gasteiger partial charge is 0.353 e. The third kappa shape index (κ3) is 12.0.